The molecule has 0 aliphatic carbocycles. The van der Waals surface area contributed by atoms with Crippen LogP contribution in [0.25, 0.3) is 0 Å². The van der Waals surface area contributed by atoms with Crippen LogP contribution in [-0.2, 0) is 6.61 Å². The van der Waals surface area contributed by atoms with E-state index in [0.29, 0.717) is 18.2 Å². The van der Waals surface area contributed by atoms with Crippen LogP contribution in [0, 0.1) is 5.41 Å². The largest absolute Gasteiger partial charge is 0.472 e. The van der Waals surface area contributed by atoms with Crippen molar-refractivity contribution in [3.8, 4) is 5.88 Å². The molecule has 2 rings (SSSR count). The lowest BCUT2D eigenvalue weighted by atomic mass is 10.2. The van der Waals surface area contributed by atoms with Gasteiger partial charge in [-0.2, -0.15) is 0 Å². The lowest BCUT2D eigenvalue weighted by molar-refractivity contribution is 0.291. The van der Waals surface area contributed by atoms with Gasteiger partial charge in [0.1, 0.15) is 18.1 Å². The molecule has 1 aromatic carbocycles. The Bertz CT molecular complexity index is 556. The average Bonchev–Trinajstić information content (AvgIpc) is 2.38. The van der Waals surface area contributed by atoms with Gasteiger partial charge in [0.2, 0.25) is 5.88 Å². The number of hydrogen-bond donors (Lipinski definition) is 2. The molecule has 0 saturated heterocycles. The van der Waals surface area contributed by atoms with E-state index in [0.717, 1.165) is 10.0 Å². The summed E-state index contributed by atoms with van der Waals surface area (Å²) < 4.78 is 6.48. The molecular weight excluding hydrogens is 296 g/mol. The number of nitrogen functional groups attached to an aromatic ring is 1. The van der Waals surface area contributed by atoms with Crippen molar-refractivity contribution in [1.82, 2.24) is 9.97 Å². The molecule has 0 radical (unpaired) electrons. The number of nitrogens with one attached hydrogen (secondary N) is 1. The molecule has 6 heteroatoms. The van der Waals surface area contributed by atoms with Crippen LogP contribution in [-0.4, -0.2) is 15.8 Å². The fraction of sp³-hybridized carbons (Fsp3) is 0.0833. The summed E-state index contributed by atoms with van der Waals surface area (Å²) in [7, 11) is 0. The van der Waals surface area contributed by atoms with Crippen molar-refractivity contribution in [3.63, 3.8) is 0 Å². The maximum absolute atomic E-state index is 7.20. The van der Waals surface area contributed by atoms with Gasteiger partial charge in [-0.1, -0.05) is 34.1 Å². The fourth-order valence-electron chi connectivity index (χ4n) is 1.30. The first-order chi connectivity index (χ1) is 8.66. The molecule has 3 N–H and O–H groups in total. The Morgan fingerprint density at radius 1 is 1.28 bits per heavy atom. The van der Waals surface area contributed by atoms with Gasteiger partial charge in [-0.05, 0) is 6.07 Å². The van der Waals surface area contributed by atoms with E-state index in [1.165, 1.54) is 12.4 Å². The minimum atomic E-state index is -0.111. The minimum Gasteiger partial charge on any atom is -0.472 e. The fourth-order valence-corrected chi connectivity index (χ4v) is 1.70. The Labute approximate surface area is 113 Å². The van der Waals surface area contributed by atoms with Crippen molar-refractivity contribution < 1.29 is 4.74 Å². The molecule has 0 aliphatic rings. The average molecular weight is 307 g/mol. The van der Waals surface area contributed by atoms with Gasteiger partial charge in [-0.15, -0.1) is 0 Å². The number of amidine groups is 1. The lowest BCUT2D eigenvalue weighted by Crippen LogP contribution is -2.13. The normalized spacial score (nSPS) is 10.1. The summed E-state index contributed by atoms with van der Waals surface area (Å²) in [6.45, 7) is 0.398. The van der Waals surface area contributed by atoms with Crippen molar-refractivity contribution in [3.05, 3.63) is 52.4 Å². The van der Waals surface area contributed by atoms with E-state index in [4.69, 9.17) is 15.9 Å². The molecule has 0 fully saturated rings. The molecule has 1 heterocycles. The monoisotopic (exact) mass is 306 g/mol. The van der Waals surface area contributed by atoms with Crippen LogP contribution in [0.1, 0.15) is 11.3 Å². The Kier molecular flexibility index (Phi) is 3.88. The van der Waals surface area contributed by atoms with Crippen LogP contribution >= 0.6 is 15.9 Å². The number of rotatable bonds is 4. The van der Waals surface area contributed by atoms with Crippen LogP contribution in [0.2, 0.25) is 0 Å². The van der Waals surface area contributed by atoms with E-state index in [9.17, 15) is 0 Å². The van der Waals surface area contributed by atoms with Gasteiger partial charge in [0.15, 0.2) is 0 Å². The molecule has 0 aliphatic heterocycles. The van der Waals surface area contributed by atoms with Gasteiger partial charge in [0.25, 0.3) is 0 Å². The first-order valence-electron chi connectivity index (χ1n) is 5.19. The second kappa shape index (κ2) is 5.59. The molecule has 0 bridgehead atoms. The summed E-state index contributed by atoms with van der Waals surface area (Å²) in [5, 5.41) is 7.20. The SMILES string of the molecule is N=C(N)c1cnc(OCc2ccccc2Br)cn1. The minimum absolute atomic E-state index is 0.111. The quantitative estimate of drug-likeness (QED) is 0.669. The first kappa shape index (κ1) is 12.5. The topological polar surface area (TPSA) is 84.9 Å². The molecule has 0 saturated carbocycles. The highest BCUT2D eigenvalue weighted by Gasteiger charge is 2.03. The summed E-state index contributed by atoms with van der Waals surface area (Å²) in [5.41, 5.74) is 6.64. The summed E-state index contributed by atoms with van der Waals surface area (Å²) in [5.74, 6) is 0.288. The molecule has 5 nitrogen and oxygen atoms in total. The van der Waals surface area contributed by atoms with Gasteiger partial charge in [0.05, 0.1) is 12.4 Å². The molecular formula is C12H11BrN4O. The van der Waals surface area contributed by atoms with E-state index in [-0.39, 0.29) is 5.84 Å². The molecule has 0 spiro atoms. The van der Waals surface area contributed by atoms with E-state index in [1.807, 2.05) is 24.3 Å². The zero-order valence-corrected chi connectivity index (χ0v) is 11.0. The van der Waals surface area contributed by atoms with E-state index >= 15 is 0 Å². The summed E-state index contributed by atoms with van der Waals surface area (Å²) >= 11 is 3.44. The van der Waals surface area contributed by atoms with Gasteiger partial charge < -0.3 is 10.5 Å². The third kappa shape index (κ3) is 3.04. The molecule has 0 unspecified atom stereocenters. The Hall–Kier alpha value is -1.95. The number of benzene rings is 1. The number of aromatic nitrogens is 2. The van der Waals surface area contributed by atoms with Gasteiger partial charge in [-0.3, -0.25) is 5.41 Å². The van der Waals surface area contributed by atoms with Crippen molar-refractivity contribution in [2.45, 2.75) is 6.61 Å². The predicted octanol–water partition coefficient (Wildman–Crippen LogP) is 2.10. The number of nitrogens with two attached hydrogens (primary N) is 1. The zero-order chi connectivity index (χ0) is 13.0. The number of hydrogen-bond acceptors (Lipinski definition) is 4. The highest BCUT2D eigenvalue weighted by molar-refractivity contribution is 9.10. The van der Waals surface area contributed by atoms with Crippen LogP contribution in [0.4, 0.5) is 0 Å². The molecule has 92 valence electrons. The Morgan fingerprint density at radius 3 is 2.67 bits per heavy atom. The second-order valence-electron chi connectivity index (χ2n) is 3.53. The summed E-state index contributed by atoms with van der Waals surface area (Å²) in [6, 6.07) is 7.79. The molecule has 2 aromatic rings. The van der Waals surface area contributed by atoms with E-state index in [2.05, 4.69) is 25.9 Å². The number of halogens is 1. The number of nitrogens with zero attached hydrogens (tertiary/aromatic N) is 2. The third-order valence-corrected chi connectivity index (χ3v) is 3.01. The smallest absolute Gasteiger partial charge is 0.232 e. The van der Waals surface area contributed by atoms with E-state index < -0.39 is 0 Å². The standard InChI is InChI=1S/C12H11BrN4O/c13-9-4-2-1-3-8(9)7-18-11-6-16-10(5-17-11)12(14)15/h1-6H,7H2,(H3,14,15). The highest BCUT2D eigenvalue weighted by Crippen LogP contribution is 2.17. The zero-order valence-electron chi connectivity index (χ0n) is 9.43. The summed E-state index contributed by atoms with van der Waals surface area (Å²) in [4.78, 5) is 7.99. The Morgan fingerprint density at radius 2 is 2.06 bits per heavy atom. The van der Waals surface area contributed by atoms with Crippen molar-refractivity contribution in [1.29, 1.82) is 5.41 Å². The maximum atomic E-state index is 7.20. The Balaban J connectivity index is 2.02. The summed E-state index contributed by atoms with van der Waals surface area (Å²) in [6.07, 6.45) is 2.87. The van der Waals surface area contributed by atoms with Gasteiger partial charge in [-0.25, -0.2) is 9.97 Å². The molecule has 0 atom stereocenters. The van der Waals surface area contributed by atoms with Gasteiger partial charge in [0, 0.05) is 10.0 Å². The third-order valence-electron chi connectivity index (χ3n) is 2.24. The number of ether oxygens (including phenoxy) is 1. The first-order valence-corrected chi connectivity index (χ1v) is 5.99. The molecule has 18 heavy (non-hydrogen) atoms. The van der Waals surface area contributed by atoms with Crippen LogP contribution in [0.15, 0.2) is 41.1 Å². The second-order valence-corrected chi connectivity index (χ2v) is 4.39. The van der Waals surface area contributed by atoms with Crippen molar-refractivity contribution in [2.75, 3.05) is 0 Å². The maximum Gasteiger partial charge on any atom is 0.232 e. The van der Waals surface area contributed by atoms with E-state index in [1.54, 1.807) is 0 Å². The van der Waals surface area contributed by atoms with Crippen LogP contribution in [0.5, 0.6) is 5.88 Å². The van der Waals surface area contributed by atoms with Gasteiger partial charge >= 0.3 is 0 Å². The van der Waals surface area contributed by atoms with Crippen molar-refractivity contribution >= 4 is 21.8 Å². The van der Waals surface area contributed by atoms with Crippen molar-refractivity contribution in [2.24, 2.45) is 5.73 Å². The molecule has 1 aromatic heterocycles. The van der Waals surface area contributed by atoms with Crippen LogP contribution in [0.3, 0.4) is 0 Å². The predicted molar refractivity (Wildman–Crippen MR) is 71.5 cm³/mol. The highest BCUT2D eigenvalue weighted by atomic mass is 79.9. The molecule has 0 amide bonds. The lowest BCUT2D eigenvalue weighted by Gasteiger charge is -2.06. The van der Waals surface area contributed by atoms with Crippen LogP contribution < -0.4 is 10.5 Å².